The fourth-order valence-corrected chi connectivity index (χ4v) is 10.3. The van der Waals surface area contributed by atoms with Crippen LogP contribution < -0.4 is 0 Å². The average Bonchev–Trinajstić information content (AvgIpc) is 4.11. The van der Waals surface area contributed by atoms with Crippen LogP contribution in [0, 0.1) is 0 Å². The Morgan fingerprint density at radius 1 is 0.290 bits per heavy atom. The van der Waals surface area contributed by atoms with E-state index in [9.17, 15) is 0 Å². The molecule has 0 bridgehead atoms. The summed E-state index contributed by atoms with van der Waals surface area (Å²) < 4.78 is 16.2. The van der Waals surface area contributed by atoms with E-state index in [-0.39, 0.29) is 0 Å². The topological polar surface area (TPSA) is 69.9 Å². The second kappa shape index (κ2) is 15.6. The van der Waals surface area contributed by atoms with Gasteiger partial charge in [0.2, 0.25) is 0 Å². The first-order chi connectivity index (χ1) is 34.2. The van der Waals surface area contributed by atoms with Crippen LogP contribution in [0.1, 0.15) is 0 Å². The molecule has 10 aromatic carbocycles. The van der Waals surface area contributed by atoms with Crippen LogP contribution in [0.25, 0.3) is 139 Å². The van der Waals surface area contributed by atoms with E-state index in [0.29, 0.717) is 17.5 Å². The van der Waals surface area contributed by atoms with E-state index in [0.717, 1.165) is 99.5 Å². The minimum Gasteiger partial charge on any atom is -0.455 e. The van der Waals surface area contributed by atoms with E-state index in [4.69, 9.17) is 23.8 Å². The fraction of sp³-hybridized carbons (Fsp3) is 0. The maximum Gasteiger partial charge on any atom is 0.164 e. The molecule has 0 aliphatic heterocycles. The molecule has 0 saturated heterocycles. The molecule has 322 valence electrons. The average molecular weight is 883 g/mol. The maximum atomic E-state index is 6.96. The zero-order valence-corrected chi connectivity index (χ0v) is 37.0. The van der Waals surface area contributed by atoms with Crippen molar-refractivity contribution in [2.45, 2.75) is 0 Å². The Balaban J connectivity index is 0.928. The molecule has 4 aromatic heterocycles. The van der Waals surface area contributed by atoms with Gasteiger partial charge in [-0.3, -0.25) is 0 Å². The first-order valence-corrected chi connectivity index (χ1v) is 23.2. The van der Waals surface area contributed by atoms with Crippen LogP contribution in [0.2, 0.25) is 0 Å². The van der Waals surface area contributed by atoms with Crippen LogP contribution in [-0.2, 0) is 0 Å². The molecule has 6 nitrogen and oxygen atoms in total. The molecular weight excluding hydrogens is 845 g/mol. The summed E-state index contributed by atoms with van der Waals surface area (Å²) in [5.41, 5.74) is 15.7. The van der Waals surface area contributed by atoms with Gasteiger partial charge in [0.25, 0.3) is 0 Å². The van der Waals surface area contributed by atoms with Crippen molar-refractivity contribution in [1.82, 2.24) is 19.5 Å². The first-order valence-electron chi connectivity index (χ1n) is 23.2. The highest BCUT2D eigenvalue weighted by atomic mass is 16.3. The lowest BCUT2D eigenvalue weighted by Gasteiger charge is -2.10. The predicted molar refractivity (Wildman–Crippen MR) is 281 cm³/mol. The van der Waals surface area contributed by atoms with Gasteiger partial charge in [-0.25, -0.2) is 15.0 Å². The quantitative estimate of drug-likeness (QED) is 0.159. The number of hydrogen-bond acceptors (Lipinski definition) is 5. The summed E-state index contributed by atoms with van der Waals surface area (Å²) in [6.07, 6.45) is 0. The van der Waals surface area contributed by atoms with Crippen molar-refractivity contribution in [3.8, 4) is 73.2 Å². The van der Waals surface area contributed by atoms with Crippen molar-refractivity contribution in [3.05, 3.63) is 231 Å². The number of para-hydroxylation sites is 3. The largest absolute Gasteiger partial charge is 0.455 e. The van der Waals surface area contributed by atoms with Crippen molar-refractivity contribution < 1.29 is 8.83 Å². The summed E-state index contributed by atoms with van der Waals surface area (Å²) in [6.45, 7) is 0. The van der Waals surface area contributed by atoms with E-state index in [1.54, 1.807) is 0 Å². The standard InChI is InChI=1S/C63H38N4O2/c1-4-16-39(17-5-1)41-32-34-43(35-33-41)62-64-61(42-20-8-3-9-21-42)65-63(66-62)50-27-15-31-56-58(50)48-25-12-24-47(59(48)68-56)46-23-14-30-55-57(46)49-26-13-29-54(60(49)69-55)67-52-28-11-10-22-45(52)51-38-44(36-37-53(51)67)40-18-6-2-7-19-40/h1-38H. The molecule has 0 aliphatic rings. The summed E-state index contributed by atoms with van der Waals surface area (Å²) in [7, 11) is 0. The monoisotopic (exact) mass is 882 g/mol. The molecule has 14 rings (SSSR count). The molecule has 0 atom stereocenters. The number of benzene rings is 10. The summed E-state index contributed by atoms with van der Waals surface area (Å²) in [5, 5.41) is 6.36. The smallest absolute Gasteiger partial charge is 0.164 e. The van der Waals surface area contributed by atoms with Crippen molar-refractivity contribution in [2.24, 2.45) is 0 Å². The second-order valence-corrected chi connectivity index (χ2v) is 17.5. The minimum absolute atomic E-state index is 0.571. The summed E-state index contributed by atoms with van der Waals surface area (Å²) in [4.78, 5) is 15.4. The van der Waals surface area contributed by atoms with Crippen LogP contribution in [0.3, 0.4) is 0 Å². The van der Waals surface area contributed by atoms with Crippen LogP contribution >= 0.6 is 0 Å². The lowest BCUT2D eigenvalue weighted by atomic mass is 9.96. The normalized spacial score (nSPS) is 11.8. The number of nitrogens with zero attached hydrogens (tertiary/aromatic N) is 4. The molecule has 14 aromatic rings. The Hall–Kier alpha value is -9.39. The van der Waals surface area contributed by atoms with Gasteiger partial charge in [-0.15, -0.1) is 0 Å². The molecular formula is C63H38N4O2. The highest BCUT2D eigenvalue weighted by molar-refractivity contribution is 6.20. The molecule has 0 unspecified atom stereocenters. The highest BCUT2D eigenvalue weighted by Gasteiger charge is 2.23. The molecule has 0 spiro atoms. The Labute approximate surface area is 396 Å². The SMILES string of the molecule is c1ccc(-c2ccc(-c3nc(-c4ccccc4)nc(-c4cccc5oc6c(-c7cccc8oc9c(-n%10c%11ccccc%11c%11cc(-c%12ccccc%12)ccc%11%10)cccc9c78)cccc6c45)n3)cc2)cc1. The van der Waals surface area contributed by atoms with Crippen LogP contribution in [0.15, 0.2) is 239 Å². The molecule has 0 radical (unpaired) electrons. The van der Waals surface area contributed by atoms with Gasteiger partial charge in [-0.2, -0.15) is 0 Å². The number of aromatic nitrogens is 4. The first kappa shape index (κ1) is 38.8. The highest BCUT2D eigenvalue weighted by Crippen LogP contribution is 2.46. The molecule has 0 amide bonds. The summed E-state index contributed by atoms with van der Waals surface area (Å²) >= 11 is 0. The minimum atomic E-state index is 0.571. The van der Waals surface area contributed by atoms with Crippen LogP contribution in [-0.4, -0.2) is 19.5 Å². The predicted octanol–water partition coefficient (Wildman–Crippen LogP) is 16.8. The zero-order chi connectivity index (χ0) is 45.4. The van der Waals surface area contributed by atoms with Gasteiger partial charge in [0, 0.05) is 54.6 Å². The van der Waals surface area contributed by atoms with Gasteiger partial charge in [-0.05, 0) is 64.2 Å². The van der Waals surface area contributed by atoms with E-state index < -0.39 is 0 Å². The number of rotatable bonds is 7. The van der Waals surface area contributed by atoms with Gasteiger partial charge < -0.3 is 13.4 Å². The van der Waals surface area contributed by atoms with E-state index in [1.807, 2.05) is 48.5 Å². The zero-order valence-electron chi connectivity index (χ0n) is 37.0. The Morgan fingerprint density at radius 2 is 0.754 bits per heavy atom. The van der Waals surface area contributed by atoms with E-state index >= 15 is 0 Å². The fourth-order valence-electron chi connectivity index (χ4n) is 10.3. The Bertz CT molecular complexity index is 4290. The van der Waals surface area contributed by atoms with E-state index in [1.165, 1.54) is 21.9 Å². The van der Waals surface area contributed by atoms with Crippen molar-refractivity contribution in [1.29, 1.82) is 0 Å². The third-order valence-electron chi connectivity index (χ3n) is 13.5. The maximum absolute atomic E-state index is 6.96. The van der Waals surface area contributed by atoms with Crippen molar-refractivity contribution in [2.75, 3.05) is 0 Å². The van der Waals surface area contributed by atoms with Crippen LogP contribution in [0.5, 0.6) is 0 Å². The molecule has 0 saturated carbocycles. The second-order valence-electron chi connectivity index (χ2n) is 17.5. The van der Waals surface area contributed by atoms with Crippen LogP contribution in [0.4, 0.5) is 0 Å². The summed E-state index contributed by atoms with van der Waals surface area (Å²) in [6, 6.07) is 80.2. The number of fused-ring (bicyclic) bond motifs is 9. The molecule has 69 heavy (non-hydrogen) atoms. The molecule has 0 N–H and O–H groups in total. The van der Waals surface area contributed by atoms with Crippen molar-refractivity contribution >= 4 is 65.7 Å². The van der Waals surface area contributed by atoms with Gasteiger partial charge >= 0.3 is 0 Å². The number of furan rings is 2. The Kier molecular flexibility index (Phi) is 8.79. The third-order valence-corrected chi connectivity index (χ3v) is 13.5. The van der Waals surface area contributed by atoms with Crippen molar-refractivity contribution in [3.63, 3.8) is 0 Å². The molecule has 4 heterocycles. The molecule has 0 fully saturated rings. The lowest BCUT2D eigenvalue weighted by Crippen LogP contribution is -2.00. The summed E-state index contributed by atoms with van der Waals surface area (Å²) in [5.74, 6) is 1.77. The van der Waals surface area contributed by atoms with Gasteiger partial charge in [0.05, 0.1) is 16.7 Å². The molecule has 0 aliphatic carbocycles. The lowest BCUT2D eigenvalue weighted by molar-refractivity contribution is 0.666. The molecule has 6 heteroatoms. The third kappa shape index (κ3) is 6.30. The van der Waals surface area contributed by atoms with Gasteiger partial charge in [-0.1, -0.05) is 194 Å². The van der Waals surface area contributed by atoms with E-state index in [2.05, 4.69) is 187 Å². The van der Waals surface area contributed by atoms with Gasteiger partial charge in [0.1, 0.15) is 16.7 Å². The Morgan fingerprint density at radius 3 is 1.48 bits per heavy atom. The van der Waals surface area contributed by atoms with Gasteiger partial charge in [0.15, 0.2) is 23.1 Å². The number of hydrogen-bond donors (Lipinski definition) is 0.